The molecule has 36 heavy (non-hydrogen) atoms. The zero-order valence-electron chi connectivity index (χ0n) is 21.8. The van der Waals surface area contributed by atoms with E-state index in [1.54, 1.807) is 18.3 Å². The molecule has 0 unspecified atom stereocenters. The quantitative estimate of drug-likeness (QED) is 0.166. The molecule has 0 aliphatic heterocycles. The largest absolute Gasteiger partial charge is 0.356 e. The molecule has 0 bridgehead atoms. The van der Waals surface area contributed by atoms with E-state index < -0.39 is 0 Å². The van der Waals surface area contributed by atoms with E-state index in [9.17, 15) is 9.59 Å². The molecule has 0 fully saturated rings. The molecule has 0 aliphatic carbocycles. The van der Waals surface area contributed by atoms with Crippen molar-refractivity contribution in [2.75, 3.05) is 13.1 Å². The Morgan fingerprint density at radius 2 is 1.28 bits per heavy atom. The zero-order valence-corrected chi connectivity index (χ0v) is 21.8. The van der Waals surface area contributed by atoms with Crippen molar-refractivity contribution in [3.8, 4) is 0 Å². The molecule has 1 rings (SSSR count). The van der Waals surface area contributed by atoms with Crippen LogP contribution in [0.4, 0.5) is 0 Å². The van der Waals surface area contributed by atoms with Crippen LogP contribution in [0.5, 0.6) is 0 Å². The van der Waals surface area contributed by atoms with Gasteiger partial charge in [-0.3, -0.25) is 14.6 Å². The van der Waals surface area contributed by atoms with Gasteiger partial charge >= 0.3 is 0 Å². The summed E-state index contributed by atoms with van der Waals surface area (Å²) >= 11 is 0. The minimum atomic E-state index is -0.146. The van der Waals surface area contributed by atoms with Crippen molar-refractivity contribution in [3.63, 3.8) is 0 Å². The van der Waals surface area contributed by atoms with Gasteiger partial charge in [0.25, 0.3) is 5.91 Å². The van der Waals surface area contributed by atoms with E-state index in [1.165, 1.54) is 6.20 Å². The number of pyridine rings is 1. The lowest BCUT2D eigenvalue weighted by atomic mass is 10.2. The molecule has 2 N–H and O–H groups in total. The van der Waals surface area contributed by atoms with E-state index in [1.807, 2.05) is 6.08 Å². The predicted octanol–water partition coefficient (Wildman–Crippen LogP) is 6.80. The molecule has 0 aliphatic rings. The minimum Gasteiger partial charge on any atom is -0.356 e. The molecule has 0 atom stereocenters. The summed E-state index contributed by atoms with van der Waals surface area (Å²) in [5.41, 5.74) is 0.540. The third kappa shape index (κ3) is 18.9. The third-order valence-corrected chi connectivity index (χ3v) is 5.02. The van der Waals surface area contributed by atoms with Crippen molar-refractivity contribution in [2.45, 2.75) is 64.7 Å². The summed E-state index contributed by atoms with van der Waals surface area (Å²) in [7, 11) is 0. The molecule has 1 aromatic heterocycles. The number of hydrogen-bond acceptors (Lipinski definition) is 3. The topological polar surface area (TPSA) is 71.1 Å². The monoisotopic (exact) mass is 489 g/mol. The number of carbonyl (C=O) groups excluding carboxylic acids is 2. The highest BCUT2D eigenvalue weighted by molar-refractivity contribution is 5.93. The number of nitrogens with zero attached hydrogens (tertiary/aromatic N) is 1. The molecule has 0 saturated heterocycles. The fraction of sp³-hybridized carbons (Fsp3) is 0.387. The molecular formula is C31H43N3O2. The summed E-state index contributed by atoms with van der Waals surface area (Å²) in [6.45, 7) is 3.22. The van der Waals surface area contributed by atoms with Crippen LogP contribution in [0.15, 0.2) is 97.4 Å². The predicted molar refractivity (Wildman–Crippen MR) is 152 cm³/mol. The highest BCUT2D eigenvalue weighted by atomic mass is 16.2. The minimum absolute atomic E-state index is 0.0353. The van der Waals surface area contributed by atoms with Crippen molar-refractivity contribution in [3.05, 3.63) is 103 Å². The van der Waals surface area contributed by atoms with Crippen LogP contribution in [-0.4, -0.2) is 29.9 Å². The van der Waals surface area contributed by atoms with Crippen LogP contribution >= 0.6 is 0 Å². The average Bonchev–Trinajstić information content (AvgIpc) is 2.90. The van der Waals surface area contributed by atoms with E-state index in [0.717, 1.165) is 44.9 Å². The summed E-state index contributed by atoms with van der Waals surface area (Å²) < 4.78 is 0. The molecule has 0 spiro atoms. The van der Waals surface area contributed by atoms with Crippen LogP contribution in [0.1, 0.15) is 75.1 Å². The number of amides is 2. The first kappa shape index (κ1) is 30.6. The molecule has 0 radical (unpaired) electrons. The second-order valence-corrected chi connectivity index (χ2v) is 8.15. The SMILES string of the molecule is CCC=CCC=CCC=CCC=CCC=CCC=CCCC(=O)NCCCNC(=O)c1cccnc1. The number of carbonyl (C=O) groups is 2. The number of allylic oxidation sites excluding steroid dienone is 12. The summed E-state index contributed by atoms with van der Waals surface area (Å²) in [4.78, 5) is 27.7. The lowest BCUT2D eigenvalue weighted by Gasteiger charge is -2.06. The molecule has 1 aromatic rings. The van der Waals surface area contributed by atoms with Crippen LogP contribution in [-0.2, 0) is 4.79 Å². The van der Waals surface area contributed by atoms with Crippen LogP contribution in [0, 0.1) is 0 Å². The van der Waals surface area contributed by atoms with Gasteiger partial charge in [0.05, 0.1) is 5.56 Å². The first-order valence-corrected chi connectivity index (χ1v) is 13.1. The highest BCUT2D eigenvalue weighted by Gasteiger charge is 2.04. The molecule has 1 heterocycles. The van der Waals surface area contributed by atoms with E-state index in [4.69, 9.17) is 0 Å². The molecule has 194 valence electrons. The lowest BCUT2D eigenvalue weighted by molar-refractivity contribution is -0.121. The number of hydrogen-bond donors (Lipinski definition) is 2. The smallest absolute Gasteiger partial charge is 0.252 e. The Balaban J connectivity index is 1.94. The van der Waals surface area contributed by atoms with Gasteiger partial charge in [0.15, 0.2) is 0 Å². The fourth-order valence-corrected chi connectivity index (χ4v) is 3.06. The second-order valence-electron chi connectivity index (χ2n) is 8.15. The van der Waals surface area contributed by atoms with Gasteiger partial charge in [-0.1, -0.05) is 79.8 Å². The molecule has 0 aromatic carbocycles. The van der Waals surface area contributed by atoms with Crippen molar-refractivity contribution in [2.24, 2.45) is 0 Å². The summed E-state index contributed by atoms with van der Waals surface area (Å²) in [6.07, 6.45) is 37.0. The first-order valence-electron chi connectivity index (χ1n) is 13.1. The van der Waals surface area contributed by atoms with Crippen molar-refractivity contribution in [1.29, 1.82) is 0 Å². The van der Waals surface area contributed by atoms with Crippen molar-refractivity contribution in [1.82, 2.24) is 15.6 Å². The second kappa shape index (κ2) is 23.3. The average molecular weight is 490 g/mol. The Morgan fingerprint density at radius 1 is 0.750 bits per heavy atom. The third-order valence-electron chi connectivity index (χ3n) is 5.02. The molecule has 2 amide bonds. The molecule has 0 saturated carbocycles. The molecule has 5 nitrogen and oxygen atoms in total. The van der Waals surface area contributed by atoms with Crippen molar-refractivity contribution < 1.29 is 9.59 Å². The Hall–Kier alpha value is -3.47. The van der Waals surface area contributed by atoms with Gasteiger partial charge in [-0.15, -0.1) is 0 Å². The standard InChI is InChI=1S/C31H43N3O2/c1-2-3-4-5-6-7-8-9-10-11-12-13-14-15-16-17-18-19-20-24-30(35)33-26-22-27-34-31(36)29-23-21-25-32-28-29/h3-4,6-7,9-10,12-13,15-16,18-19,21,23,25,28H,2,5,8,11,14,17,20,22,24,26-27H2,1H3,(H,33,35)(H,34,36). The van der Waals surface area contributed by atoms with Crippen LogP contribution in [0.2, 0.25) is 0 Å². The maximum Gasteiger partial charge on any atom is 0.252 e. The van der Waals surface area contributed by atoms with Gasteiger partial charge in [0.2, 0.25) is 5.91 Å². The maximum atomic E-state index is 11.9. The summed E-state index contributed by atoms with van der Waals surface area (Å²) in [5, 5.41) is 5.71. The van der Waals surface area contributed by atoms with Crippen molar-refractivity contribution >= 4 is 11.8 Å². The Morgan fingerprint density at radius 3 is 1.81 bits per heavy atom. The van der Waals surface area contributed by atoms with Crippen LogP contribution < -0.4 is 10.6 Å². The van der Waals surface area contributed by atoms with E-state index in [-0.39, 0.29) is 11.8 Å². The van der Waals surface area contributed by atoms with Gasteiger partial charge in [-0.05, 0) is 63.5 Å². The molecular weight excluding hydrogens is 446 g/mol. The molecule has 5 heteroatoms. The first-order chi connectivity index (χ1) is 17.7. The highest BCUT2D eigenvalue weighted by Crippen LogP contribution is 1.98. The summed E-state index contributed by atoms with van der Waals surface area (Å²) in [5.74, 6) is -0.111. The Kier molecular flexibility index (Phi) is 19.8. The zero-order chi connectivity index (χ0) is 25.9. The fourth-order valence-electron chi connectivity index (χ4n) is 3.06. The lowest BCUT2D eigenvalue weighted by Crippen LogP contribution is -2.29. The maximum absolute atomic E-state index is 11.9. The van der Waals surface area contributed by atoms with E-state index in [0.29, 0.717) is 31.5 Å². The Bertz CT molecular complexity index is 880. The van der Waals surface area contributed by atoms with Gasteiger partial charge in [-0.25, -0.2) is 0 Å². The van der Waals surface area contributed by atoms with Crippen LogP contribution in [0.25, 0.3) is 0 Å². The van der Waals surface area contributed by atoms with Gasteiger partial charge < -0.3 is 10.6 Å². The number of rotatable bonds is 19. The van der Waals surface area contributed by atoms with Crippen LogP contribution in [0.3, 0.4) is 0 Å². The summed E-state index contributed by atoms with van der Waals surface area (Å²) in [6, 6.07) is 3.45. The Labute approximate surface area is 217 Å². The number of aromatic nitrogens is 1. The van der Waals surface area contributed by atoms with Gasteiger partial charge in [-0.2, -0.15) is 0 Å². The van der Waals surface area contributed by atoms with Gasteiger partial charge in [0, 0.05) is 31.9 Å². The van der Waals surface area contributed by atoms with Gasteiger partial charge in [0.1, 0.15) is 0 Å². The van der Waals surface area contributed by atoms with E-state index in [2.05, 4.69) is 89.4 Å². The van der Waals surface area contributed by atoms with E-state index >= 15 is 0 Å². The number of nitrogens with one attached hydrogen (secondary N) is 2. The normalized spacial score (nSPS) is 12.2.